The second-order valence-corrected chi connectivity index (χ2v) is 9.72. The predicted molar refractivity (Wildman–Crippen MR) is 127 cm³/mol. The van der Waals surface area contributed by atoms with Crippen LogP contribution in [0.4, 0.5) is 0 Å². The fourth-order valence-corrected chi connectivity index (χ4v) is 5.02. The van der Waals surface area contributed by atoms with Gasteiger partial charge in [0.05, 0.1) is 30.4 Å². The molecule has 0 bridgehead atoms. The molecule has 3 heterocycles. The number of likely N-dealkylation sites (tertiary alicyclic amines) is 1. The molecule has 0 amide bonds. The normalized spacial score (nSPS) is 21.5. The van der Waals surface area contributed by atoms with Crippen molar-refractivity contribution in [3.63, 3.8) is 0 Å². The van der Waals surface area contributed by atoms with Crippen molar-refractivity contribution in [3.05, 3.63) is 24.2 Å². The zero-order valence-electron chi connectivity index (χ0n) is 17.2. The van der Waals surface area contributed by atoms with E-state index < -0.39 is 9.84 Å². The molecule has 2 fully saturated rings. The number of furan rings is 1. The third-order valence-electron chi connectivity index (χ3n) is 5.38. The largest absolute Gasteiger partial charge is 0.468 e. The molecule has 1 aromatic rings. The summed E-state index contributed by atoms with van der Waals surface area (Å²) in [5, 5.41) is 6.68. The van der Waals surface area contributed by atoms with Crippen LogP contribution >= 0.6 is 24.0 Å². The number of halogens is 1. The minimum atomic E-state index is -2.83. The Morgan fingerprint density at radius 1 is 1.21 bits per heavy atom. The number of hydrogen-bond acceptors (Lipinski definition) is 6. The Morgan fingerprint density at radius 2 is 1.93 bits per heavy atom. The van der Waals surface area contributed by atoms with E-state index in [2.05, 4.69) is 27.4 Å². The molecule has 8 nitrogen and oxygen atoms in total. The molecule has 0 saturated carbocycles. The van der Waals surface area contributed by atoms with Crippen LogP contribution in [0.2, 0.25) is 0 Å². The average Bonchev–Trinajstić information content (AvgIpc) is 3.38. The van der Waals surface area contributed by atoms with Gasteiger partial charge in [0.2, 0.25) is 0 Å². The molecule has 0 spiro atoms. The highest BCUT2D eigenvalue weighted by atomic mass is 127. The van der Waals surface area contributed by atoms with Crippen LogP contribution in [0, 0.1) is 0 Å². The van der Waals surface area contributed by atoms with Crippen LogP contribution in [-0.2, 0) is 9.84 Å². The highest BCUT2D eigenvalue weighted by molar-refractivity contribution is 14.0. The van der Waals surface area contributed by atoms with Crippen molar-refractivity contribution in [2.24, 2.45) is 4.99 Å². The number of nitrogens with zero attached hydrogens (tertiary/aromatic N) is 3. The highest BCUT2D eigenvalue weighted by Crippen LogP contribution is 2.25. The first-order valence-corrected chi connectivity index (χ1v) is 12.1. The Hall–Kier alpha value is -0.850. The molecule has 29 heavy (non-hydrogen) atoms. The lowest BCUT2D eigenvalue weighted by Gasteiger charge is -2.27. The second kappa shape index (κ2) is 12.1. The molecule has 1 unspecified atom stereocenters. The zero-order chi connectivity index (χ0) is 19.8. The first kappa shape index (κ1) is 24.4. The maximum Gasteiger partial charge on any atom is 0.191 e. The third-order valence-corrected chi connectivity index (χ3v) is 6.99. The standard InChI is InChI=1S/C19H33N5O3S.HI/c1-2-20-19(21-7-10-23-11-14-28(25,26)15-12-23)22-16-17(18-6-5-13-27-18)24-8-3-4-9-24;/h5-6,13,17H,2-4,7-12,14-16H2,1H3,(H2,20,21,22);1H. The molecule has 2 saturated heterocycles. The lowest BCUT2D eigenvalue weighted by molar-refractivity contribution is 0.221. The van der Waals surface area contributed by atoms with Crippen molar-refractivity contribution in [2.45, 2.75) is 25.8 Å². The topological polar surface area (TPSA) is 90.2 Å². The fourth-order valence-electron chi connectivity index (χ4n) is 3.75. The lowest BCUT2D eigenvalue weighted by atomic mass is 10.2. The van der Waals surface area contributed by atoms with Crippen molar-refractivity contribution in [3.8, 4) is 0 Å². The minimum absolute atomic E-state index is 0. The van der Waals surface area contributed by atoms with Crippen molar-refractivity contribution in [1.29, 1.82) is 0 Å². The molecule has 0 aliphatic carbocycles. The van der Waals surface area contributed by atoms with Gasteiger partial charge in [-0.15, -0.1) is 24.0 Å². The number of nitrogens with one attached hydrogen (secondary N) is 2. The van der Waals surface area contributed by atoms with Gasteiger partial charge in [0.15, 0.2) is 15.8 Å². The van der Waals surface area contributed by atoms with Gasteiger partial charge in [-0.1, -0.05) is 0 Å². The van der Waals surface area contributed by atoms with E-state index in [-0.39, 0.29) is 41.5 Å². The predicted octanol–water partition coefficient (Wildman–Crippen LogP) is 1.32. The molecule has 10 heteroatoms. The van der Waals surface area contributed by atoms with Gasteiger partial charge in [-0.05, 0) is 45.0 Å². The van der Waals surface area contributed by atoms with Crippen LogP contribution < -0.4 is 10.6 Å². The molecular formula is C19H34IN5O3S. The van der Waals surface area contributed by atoms with E-state index in [0.29, 0.717) is 19.6 Å². The Labute approximate surface area is 191 Å². The molecule has 0 radical (unpaired) electrons. The van der Waals surface area contributed by atoms with Crippen LogP contribution in [0.3, 0.4) is 0 Å². The van der Waals surface area contributed by atoms with Crippen LogP contribution in [-0.4, -0.2) is 88.0 Å². The highest BCUT2D eigenvalue weighted by Gasteiger charge is 2.25. The number of aliphatic imine (C=N–C) groups is 1. The third kappa shape index (κ3) is 7.72. The Balaban J connectivity index is 0.00000300. The van der Waals surface area contributed by atoms with Crippen LogP contribution in [0.1, 0.15) is 31.6 Å². The summed E-state index contributed by atoms with van der Waals surface area (Å²) < 4.78 is 28.7. The lowest BCUT2D eigenvalue weighted by Crippen LogP contribution is -2.46. The Morgan fingerprint density at radius 3 is 2.55 bits per heavy atom. The molecule has 2 N–H and O–H groups in total. The zero-order valence-corrected chi connectivity index (χ0v) is 20.3. The molecule has 2 aliphatic heterocycles. The number of sulfone groups is 1. The molecular weight excluding hydrogens is 505 g/mol. The Bertz CT molecular complexity index is 706. The van der Waals surface area contributed by atoms with Crippen molar-refractivity contribution in [1.82, 2.24) is 20.4 Å². The van der Waals surface area contributed by atoms with Gasteiger partial charge in [-0.25, -0.2) is 8.42 Å². The summed E-state index contributed by atoms with van der Waals surface area (Å²) in [7, 11) is -2.83. The quantitative estimate of drug-likeness (QED) is 0.293. The summed E-state index contributed by atoms with van der Waals surface area (Å²) in [4.78, 5) is 9.43. The van der Waals surface area contributed by atoms with Gasteiger partial charge in [-0.3, -0.25) is 14.8 Å². The van der Waals surface area contributed by atoms with E-state index in [1.54, 1.807) is 6.26 Å². The first-order valence-electron chi connectivity index (χ1n) is 10.3. The van der Waals surface area contributed by atoms with E-state index in [1.165, 1.54) is 12.8 Å². The van der Waals surface area contributed by atoms with E-state index in [4.69, 9.17) is 9.41 Å². The smallest absolute Gasteiger partial charge is 0.191 e. The maximum atomic E-state index is 11.5. The second-order valence-electron chi connectivity index (χ2n) is 7.41. The van der Waals surface area contributed by atoms with Gasteiger partial charge in [0.1, 0.15) is 5.76 Å². The number of guanidine groups is 1. The van der Waals surface area contributed by atoms with E-state index in [1.807, 2.05) is 12.1 Å². The van der Waals surface area contributed by atoms with Crippen LogP contribution in [0.15, 0.2) is 27.8 Å². The van der Waals surface area contributed by atoms with Crippen molar-refractivity contribution in [2.75, 3.05) is 63.9 Å². The Kier molecular flexibility index (Phi) is 10.2. The molecule has 166 valence electrons. The summed E-state index contributed by atoms with van der Waals surface area (Å²) in [6, 6.07) is 4.13. The number of hydrogen-bond donors (Lipinski definition) is 2. The SMILES string of the molecule is CCNC(=NCC(c1ccco1)N1CCCC1)NCCN1CCS(=O)(=O)CC1.I. The summed E-state index contributed by atoms with van der Waals surface area (Å²) in [6.07, 6.45) is 4.18. The van der Waals surface area contributed by atoms with Crippen LogP contribution in [0.25, 0.3) is 0 Å². The molecule has 2 aliphatic rings. The van der Waals surface area contributed by atoms with E-state index in [9.17, 15) is 8.42 Å². The van der Waals surface area contributed by atoms with Gasteiger partial charge in [0, 0.05) is 32.7 Å². The minimum Gasteiger partial charge on any atom is -0.468 e. The van der Waals surface area contributed by atoms with Gasteiger partial charge < -0.3 is 15.1 Å². The molecule has 1 atom stereocenters. The monoisotopic (exact) mass is 539 g/mol. The average molecular weight is 539 g/mol. The first-order chi connectivity index (χ1) is 13.6. The fraction of sp³-hybridized carbons (Fsp3) is 0.737. The van der Waals surface area contributed by atoms with E-state index >= 15 is 0 Å². The van der Waals surface area contributed by atoms with Crippen LogP contribution in [0.5, 0.6) is 0 Å². The van der Waals surface area contributed by atoms with Crippen molar-refractivity contribution < 1.29 is 12.8 Å². The molecule has 1 aromatic heterocycles. The summed E-state index contributed by atoms with van der Waals surface area (Å²) in [5.74, 6) is 2.29. The molecule has 3 rings (SSSR count). The van der Waals surface area contributed by atoms with Gasteiger partial charge in [-0.2, -0.15) is 0 Å². The van der Waals surface area contributed by atoms with Crippen molar-refractivity contribution >= 4 is 39.8 Å². The summed E-state index contributed by atoms with van der Waals surface area (Å²) in [5.41, 5.74) is 0. The summed E-state index contributed by atoms with van der Waals surface area (Å²) in [6.45, 7) is 8.45. The van der Waals surface area contributed by atoms with Gasteiger partial charge >= 0.3 is 0 Å². The summed E-state index contributed by atoms with van der Waals surface area (Å²) >= 11 is 0. The van der Waals surface area contributed by atoms with E-state index in [0.717, 1.165) is 44.4 Å². The molecule has 0 aromatic carbocycles. The number of rotatable bonds is 8. The van der Waals surface area contributed by atoms with Gasteiger partial charge in [0.25, 0.3) is 0 Å². The maximum absolute atomic E-state index is 11.5.